The molecule has 82 valence electrons. The zero-order valence-corrected chi connectivity index (χ0v) is 9.33. The van der Waals surface area contributed by atoms with Gasteiger partial charge < -0.3 is 10.6 Å². The molecule has 4 nitrogen and oxygen atoms in total. The summed E-state index contributed by atoms with van der Waals surface area (Å²) in [5, 5.41) is 5.33. The third-order valence-corrected chi connectivity index (χ3v) is 2.17. The van der Waals surface area contributed by atoms with E-state index in [2.05, 4.69) is 10.6 Å². The van der Waals surface area contributed by atoms with E-state index in [0.717, 1.165) is 6.42 Å². The van der Waals surface area contributed by atoms with Crippen molar-refractivity contribution in [2.24, 2.45) is 5.92 Å². The molecule has 0 aromatic rings. The second-order valence-electron chi connectivity index (χ2n) is 3.81. The quantitative estimate of drug-likeness (QED) is 0.619. The van der Waals surface area contributed by atoms with Crippen molar-refractivity contribution in [1.29, 1.82) is 0 Å². The number of hydrogen-bond donors (Lipinski definition) is 2. The summed E-state index contributed by atoms with van der Waals surface area (Å²) in [7, 11) is 0. The van der Waals surface area contributed by atoms with Gasteiger partial charge in [0.1, 0.15) is 6.04 Å². The van der Waals surface area contributed by atoms with Crippen LogP contribution in [-0.4, -0.2) is 24.4 Å². The van der Waals surface area contributed by atoms with E-state index in [9.17, 15) is 9.59 Å². The molecule has 0 aromatic heterocycles. The summed E-state index contributed by atoms with van der Waals surface area (Å²) in [5.74, 6) is 0.0420. The minimum absolute atomic E-state index is 0.0995. The fourth-order valence-electron chi connectivity index (χ4n) is 1.18. The Morgan fingerprint density at radius 1 is 1.36 bits per heavy atom. The number of carbonyl (C=O) groups is 2. The summed E-state index contributed by atoms with van der Waals surface area (Å²) < 4.78 is 0. The topological polar surface area (TPSA) is 58.2 Å². The van der Waals surface area contributed by atoms with Crippen LogP contribution in [-0.2, 0) is 9.59 Å². The molecular formula is C10H20N2O2. The predicted octanol–water partition coefficient (Wildman–Crippen LogP) is 0.672. The van der Waals surface area contributed by atoms with E-state index in [1.54, 1.807) is 0 Å². The van der Waals surface area contributed by atoms with Gasteiger partial charge in [0.15, 0.2) is 0 Å². The molecule has 0 bridgehead atoms. The molecule has 0 aliphatic carbocycles. The van der Waals surface area contributed by atoms with Crippen LogP contribution in [0.1, 0.15) is 34.1 Å². The summed E-state index contributed by atoms with van der Waals surface area (Å²) >= 11 is 0. The summed E-state index contributed by atoms with van der Waals surface area (Å²) in [5.41, 5.74) is 0. The molecule has 0 fully saturated rings. The normalized spacial score (nSPS) is 14.6. The Morgan fingerprint density at radius 3 is 2.29 bits per heavy atom. The largest absolute Gasteiger partial charge is 0.352 e. The van der Waals surface area contributed by atoms with Crippen LogP contribution in [0.2, 0.25) is 0 Å². The van der Waals surface area contributed by atoms with Crippen molar-refractivity contribution < 1.29 is 9.59 Å². The number of amides is 2. The second-order valence-corrected chi connectivity index (χ2v) is 3.81. The summed E-state index contributed by atoms with van der Waals surface area (Å²) in [4.78, 5) is 21.9. The van der Waals surface area contributed by atoms with E-state index >= 15 is 0 Å². The van der Waals surface area contributed by atoms with Crippen LogP contribution in [0.5, 0.6) is 0 Å². The Kier molecular flexibility index (Phi) is 5.92. The van der Waals surface area contributed by atoms with Crippen LogP contribution in [0, 0.1) is 5.92 Å². The smallest absolute Gasteiger partial charge is 0.243 e. The molecule has 2 unspecified atom stereocenters. The monoisotopic (exact) mass is 200 g/mol. The van der Waals surface area contributed by atoms with E-state index in [-0.39, 0.29) is 17.9 Å². The fourth-order valence-corrected chi connectivity index (χ4v) is 1.18. The van der Waals surface area contributed by atoms with Gasteiger partial charge in [-0.3, -0.25) is 9.59 Å². The molecular weight excluding hydrogens is 180 g/mol. The van der Waals surface area contributed by atoms with E-state index in [1.807, 2.05) is 27.7 Å². The second kappa shape index (κ2) is 6.40. The zero-order chi connectivity index (χ0) is 11.1. The van der Waals surface area contributed by atoms with Gasteiger partial charge in [-0.15, -0.1) is 0 Å². The Labute approximate surface area is 85.4 Å². The standard InChI is InChI=1S/C10H20N2O2/c1-5-8(4)9(11-6-13)10(14)12-7(2)3/h6-9H,5H2,1-4H3,(H,11,13)(H,12,14). The van der Waals surface area contributed by atoms with Crippen LogP contribution in [0.3, 0.4) is 0 Å². The van der Waals surface area contributed by atoms with Gasteiger partial charge in [0, 0.05) is 6.04 Å². The lowest BCUT2D eigenvalue weighted by atomic mass is 9.98. The molecule has 0 saturated heterocycles. The Hall–Kier alpha value is -1.06. The first-order chi connectivity index (χ1) is 6.52. The van der Waals surface area contributed by atoms with Crippen LogP contribution >= 0.6 is 0 Å². The molecule has 0 spiro atoms. The lowest BCUT2D eigenvalue weighted by Crippen LogP contribution is -2.49. The van der Waals surface area contributed by atoms with Crippen LogP contribution < -0.4 is 10.6 Å². The molecule has 2 amide bonds. The molecule has 2 atom stereocenters. The first-order valence-corrected chi connectivity index (χ1v) is 5.03. The van der Waals surface area contributed by atoms with Crippen molar-refractivity contribution >= 4 is 12.3 Å². The highest BCUT2D eigenvalue weighted by molar-refractivity contribution is 5.84. The highest BCUT2D eigenvalue weighted by atomic mass is 16.2. The van der Waals surface area contributed by atoms with Crippen molar-refractivity contribution in [2.45, 2.75) is 46.2 Å². The van der Waals surface area contributed by atoms with Crippen molar-refractivity contribution in [3.05, 3.63) is 0 Å². The Balaban J connectivity index is 4.32. The van der Waals surface area contributed by atoms with E-state index in [4.69, 9.17) is 0 Å². The van der Waals surface area contributed by atoms with Gasteiger partial charge in [-0.05, 0) is 19.8 Å². The molecule has 0 aromatic carbocycles. The molecule has 2 N–H and O–H groups in total. The number of rotatable bonds is 6. The van der Waals surface area contributed by atoms with E-state index in [0.29, 0.717) is 6.41 Å². The third kappa shape index (κ3) is 4.25. The zero-order valence-electron chi connectivity index (χ0n) is 9.33. The Morgan fingerprint density at radius 2 is 1.93 bits per heavy atom. The van der Waals surface area contributed by atoms with Crippen LogP contribution in [0.25, 0.3) is 0 Å². The number of hydrogen-bond acceptors (Lipinski definition) is 2. The maximum Gasteiger partial charge on any atom is 0.243 e. The van der Waals surface area contributed by atoms with E-state index < -0.39 is 6.04 Å². The van der Waals surface area contributed by atoms with Crippen molar-refractivity contribution in [2.75, 3.05) is 0 Å². The van der Waals surface area contributed by atoms with Gasteiger partial charge in [0.25, 0.3) is 0 Å². The average molecular weight is 200 g/mol. The number of nitrogens with one attached hydrogen (secondary N) is 2. The molecule has 0 heterocycles. The predicted molar refractivity (Wildman–Crippen MR) is 55.7 cm³/mol. The summed E-state index contributed by atoms with van der Waals surface area (Å²) in [6.07, 6.45) is 1.44. The molecule has 0 radical (unpaired) electrons. The number of carbonyl (C=O) groups excluding carboxylic acids is 2. The molecule has 0 rings (SSSR count). The third-order valence-electron chi connectivity index (χ3n) is 2.17. The molecule has 0 saturated carbocycles. The lowest BCUT2D eigenvalue weighted by Gasteiger charge is -2.22. The molecule has 0 aliphatic heterocycles. The van der Waals surface area contributed by atoms with Crippen molar-refractivity contribution in [3.8, 4) is 0 Å². The van der Waals surface area contributed by atoms with Crippen molar-refractivity contribution in [1.82, 2.24) is 10.6 Å². The fraction of sp³-hybridized carbons (Fsp3) is 0.800. The Bertz CT molecular complexity index is 193. The highest BCUT2D eigenvalue weighted by Crippen LogP contribution is 2.07. The maximum absolute atomic E-state index is 11.6. The van der Waals surface area contributed by atoms with Crippen LogP contribution in [0.15, 0.2) is 0 Å². The maximum atomic E-state index is 11.6. The van der Waals surface area contributed by atoms with Gasteiger partial charge in [-0.1, -0.05) is 20.3 Å². The van der Waals surface area contributed by atoms with Gasteiger partial charge in [0.2, 0.25) is 12.3 Å². The van der Waals surface area contributed by atoms with Gasteiger partial charge in [0.05, 0.1) is 0 Å². The van der Waals surface area contributed by atoms with E-state index in [1.165, 1.54) is 0 Å². The van der Waals surface area contributed by atoms with Crippen LogP contribution in [0.4, 0.5) is 0 Å². The van der Waals surface area contributed by atoms with Gasteiger partial charge in [-0.2, -0.15) is 0 Å². The lowest BCUT2D eigenvalue weighted by molar-refractivity contribution is -0.127. The minimum Gasteiger partial charge on any atom is -0.352 e. The minimum atomic E-state index is -0.417. The molecule has 0 aliphatic rings. The first kappa shape index (κ1) is 12.9. The van der Waals surface area contributed by atoms with Gasteiger partial charge in [-0.25, -0.2) is 0 Å². The highest BCUT2D eigenvalue weighted by Gasteiger charge is 2.23. The summed E-state index contributed by atoms with van der Waals surface area (Å²) in [6.45, 7) is 7.73. The van der Waals surface area contributed by atoms with Crippen molar-refractivity contribution in [3.63, 3.8) is 0 Å². The SMILES string of the molecule is CCC(C)C(NC=O)C(=O)NC(C)C. The molecule has 14 heavy (non-hydrogen) atoms. The first-order valence-electron chi connectivity index (χ1n) is 5.03. The molecule has 4 heteroatoms. The average Bonchev–Trinajstić information content (AvgIpc) is 2.11. The summed E-state index contributed by atoms with van der Waals surface area (Å²) in [6, 6.07) is -0.317. The van der Waals surface area contributed by atoms with Gasteiger partial charge >= 0.3 is 0 Å².